The van der Waals surface area contributed by atoms with Crippen LogP contribution in [-0.2, 0) is 6.54 Å². The minimum atomic E-state index is -0.462. The van der Waals surface area contributed by atoms with Crippen LogP contribution in [0.5, 0.6) is 0 Å². The zero-order chi connectivity index (χ0) is 17.5. The molecule has 0 aromatic heterocycles. The average molecular weight is 329 g/mol. The first-order valence-electron chi connectivity index (χ1n) is 7.72. The summed E-state index contributed by atoms with van der Waals surface area (Å²) >= 11 is 0. The summed E-state index contributed by atoms with van der Waals surface area (Å²) in [7, 11) is 0. The van der Waals surface area contributed by atoms with Crippen LogP contribution in [0, 0.1) is 5.92 Å². The predicted molar refractivity (Wildman–Crippen MR) is 88.4 cm³/mol. The van der Waals surface area contributed by atoms with Crippen LogP contribution < -0.4 is 0 Å². The Kier molecular flexibility index (Phi) is 6.03. The second-order valence-corrected chi connectivity index (χ2v) is 5.86. The van der Waals surface area contributed by atoms with Gasteiger partial charge in [0.15, 0.2) is 0 Å². The van der Waals surface area contributed by atoms with E-state index in [9.17, 15) is 9.90 Å². The highest BCUT2D eigenvalue weighted by molar-refractivity contribution is 5.95. The number of aliphatic hydroxyl groups is 1. The second kappa shape index (κ2) is 8.21. The van der Waals surface area contributed by atoms with Crippen LogP contribution in [0.2, 0.25) is 0 Å². The molecule has 9 heteroatoms. The van der Waals surface area contributed by atoms with Gasteiger partial charge in [-0.3, -0.25) is 4.79 Å². The van der Waals surface area contributed by atoms with E-state index < -0.39 is 6.10 Å². The quantitative estimate of drug-likeness (QED) is 0.500. The standard InChI is InChI=1S/C15H19N7O2/c1-10(23)12-3-2-4-22(9-12)15(24)13-5-11(8-18-20-16)6-14(7-13)19-21-17/h5-7,10,12,23H,2-4,8-9H2,1H3. The van der Waals surface area contributed by atoms with E-state index in [4.69, 9.17) is 11.1 Å². The zero-order valence-corrected chi connectivity index (χ0v) is 13.4. The molecule has 9 nitrogen and oxygen atoms in total. The van der Waals surface area contributed by atoms with E-state index in [-0.39, 0.29) is 18.4 Å². The Morgan fingerprint density at radius 2 is 2.21 bits per heavy atom. The minimum absolute atomic E-state index is 0.0608. The largest absolute Gasteiger partial charge is 0.393 e. The van der Waals surface area contributed by atoms with E-state index in [0.29, 0.717) is 29.9 Å². The number of hydrogen-bond donors (Lipinski definition) is 1. The Labute approximate surface area is 139 Å². The average Bonchev–Trinajstić information content (AvgIpc) is 2.59. The Balaban J connectivity index is 2.28. The van der Waals surface area contributed by atoms with Crippen molar-refractivity contribution in [3.05, 3.63) is 50.2 Å². The van der Waals surface area contributed by atoms with Crippen LogP contribution in [0.25, 0.3) is 20.9 Å². The molecule has 1 fully saturated rings. The van der Waals surface area contributed by atoms with Gasteiger partial charge in [-0.25, -0.2) is 0 Å². The van der Waals surface area contributed by atoms with Gasteiger partial charge in [0.1, 0.15) is 0 Å². The highest BCUT2D eigenvalue weighted by Gasteiger charge is 2.27. The van der Waals surface area contributed by atoms with Crippen LogP contribution in [0.4, 0.5) is 5.69 Å². The number of aliphatic hydroxyl groups excluding tert-OH is 1. The van der Waals surface area contributed by atoms with Crippen molar-refractivity contribution in [1.29, 1.82) is 0 Å². The maximum Gasteiger partial charge on any atom is 0.253 e. The topological polar surface area (TPSA) is 138 Å². The molecule has 0 saturated carbocycles. The smallest absolute Gasteiger partial charge is 0.253 e. The molecule has 0 spiro atoms. The van der Waals surface area contributed by atoms with Crippen molar-refractivity contribution in [2.75, 3.05) is 13.1 Å². The first kappa shape index (κ1) is 17.6. The summed E-state index contributed by atoms with van der Waals surface area (Å²) in [5, 5.41) is 16.8. The summed E-state index contributed by atoms with van der Waals surface area (Å²) in [6, 6.07) is 4.74. The second-order valence-electron chi connectivity index (χ2n) is 5.86. The van der Waals surface area contributed by atoms with Crippen LogP contribution in [-0.4, -0.2) is 35.1 Å². The van der Waals surface area contributed by atoms with Gasteiger partial charge in [0, 0.05) is 40.1 Å². The van der Waals surface area contributed by atoms with E-state index in [1.807, 2.05) is 0 Å². The maximum atomic E-state index is 12.8. The van der Waals surface area contributed by atoms with E-state index in [2.05, 4.69) is 20.1 Å². The van der Waals surface area contributed by atoms with Crippen molar-refractivity contribution in [2.24, 2.45) is 16.1 Å². The molecule has 0 radical (unpaired) electrons. The third-order valence-corrected chi connectivity index (χ3v) is 4.13. The molecule has 1 heterocycles. The zero-order valence-electron chi connectivity index (χ0n) is 13.4. The third kappa shape index (κ3) is 4.39. The summed E-state index contributed by atoms with van der Waals surface area (Å²) in [5.74, 6) is -0.122. The van der Waals surface area contributed by atoms with Gasteiger partial charge < -0.3 is 10.0 Å². The number of azide groups is 2. The fourth-order valence-corrected chi connectivity index (χ4v) is 2.88. The van der Waals surface area contributed by atoms with Crippen molar-refractivity contribution in [2.45, 2.75) is 32.4 Å². The molecule has 1 saturated heterocycles. The fraction of sp³-hybridized carbons (Fsp3) is 0.533. The first-order chi connectivity index (χ1) is 11.5. The lowest BCUT2D eigenvalue weighted by molar-refractivity contribution is 0.0466. The number of carbonyl (C=O) groups is 1. The summed E-state index contributed by atoms with van der Waals surface area (Å²) < 4.78 is 0. The lowest BCUT2D eigenvalue weighted by atomic mass is 9.93. The van der Waals surface area contributed by atoms with Gasteiger partial charge in [-0.1, -0.05) is 10.2 Å². The van der Waals surface area contributed by atoms with Gasteiger partial charge in [-0.15, -0.1) is 0 Å². The van der Waals surface area contributed by atoms with Crippen molar-refractivity contribution >= 4 is 11.6 Å². The van der Waals surface area contributed by atoms with E-state index >= 15 is 0 Å². The minimum Gasteiger partial charge on any atom is -0.393 e. The summed E-state index contributed by atoms with van der Waals surface area (Å²) in [5.41, 5.74) is 18.3. The Morgan fingerprint density at radius 3 is 2.88 bits per heavy atom. The van der Waals surface area contributed by atoms with Crippen molar-refractivity contribution in [1.82, 2.24) is 4.90 Å². The normalized spacial score (nSPS) is 18.2. The molecule has 24 heavy (non-hydrogen) atoms. The molecule has 1 aliphatic heterocycles. The van der Waals surface area contributed by atoms with Gasteiger partial charge in [-0.05, 0) is 54.6 Å². The monoisotopic (exact) mass is 329 g/mol. The number of piperidine rings is 1. The van der Waals surface area contributed by atoms with E-state index in [1.165, 1.54) is 6.07 Å². The molecule has 126 valence electrons. The van der Waals surface area contributed by atoms with Gasteiger partial charge in [0.05, 0.1) is 12.6 Å². The number of amides is 1. The van der Waals surface area contributed by atoms with E-state index in [1.54, 1.807) is 24.0 Å². The molecule has 2 atom stereocenters. The molecule has 0 aliphatic carbocycles. The molecule has 1 N–H and O–H groups in total. The van der Waals surface area contributed by atoms with Crippen molar-refractivity contribution < 1.29 is 9.90 Å². The van der Waals surface area contributed by atoms with Crippen LogP contribution in [0.1, 0.15) is 35.7 Å². The van der Waals surface area contributed by atoms with Crippen LogP contribution >= 0.6 is 0 Å². The molecular weight excluding hydrogens is 310 g/mol. The van der Waals surface area contributed by atoms with Crippen molar-refractivity contribution in [3.8, 4) is 0 Å². The van der Waals surface area contributed by atoms with Gasteiger partial charge in [-0.2, -0.15) is 0 Å². The van der Waals surface area contributed by atoms with E-state index in [0.717, 1.165) is 12.8 Å². The Morgan fingerprint density at radius 1 is 1.42 bits per heavy atom. The number of hydrogen-bond acceptors (Lipinski definition) is 4. The molecular formula is C15H19N7O2. The molecule has 2 unspecified atom stereocenters. The fourth-order valence-electron chi connectivity index (χ4n) is 2.88. The molecule has 1 aromatic rings. The lowest BCUT2D eigenvalue weighted by Crippen LogP contribution is -2.42. The van der Waals surface area contributed by atoms with Gasteiger partial charge in [0.2, 0.25) is 0 Å². The number of nitrogens with zero attached hydrogens (tertiary/aromatic N) is 7. The number of rotatable bonds is 5. The molecule has 1 amide bonds. The summed E-state index contributed by atoms with van der Waals surface area (Å²) in [6.45, 7) is 2.92. The summed E-state index contributed by atoms with van der Waals surface area (Å²) in [4.78, 5) is 19.9. The molecule has 2 rings (SSSR count). The van der Waals surface area contributed by atoms with Gasteiger partial charge in [0.25, 0.3) is 5.91 Å². The molecule has 0 bridgehead atoms. The number of likely N-dealkylation sites (tertiary alicyclic amines) is 1. The highest BCUT2D eigenvalue weighted by atomic mass is 16.3. The third-order valence-electron chi connectivity index (χ3n) is 4.13. The predicted octanol–water partition coefficient (Wildman–Crippen LogP) is 3.67. The Bertz CT molecular complexity index is 706. The molecule has 1 aliphatic rings. The highest BCUT2D eigenvalue weighted by Crippen LogP contribution is 2.24. The first-order valence-corrected chi connectivity index (χ1v) is 7.72. The van der Waals surface area contributed by atoms with Crippen LogP contribution in [0.15, 0.2) is 28.4 Å². The lowest BCUT2D eigenvalue weighted by Gasteiger charge is -2.34. The number of benzene rings is 1. The van der Waals surface area contributed by atoms with Crippen molar-refractivity contribution in [3.63, 3.8) is 0 Å². The molecule has 1 aromatic carbocycles. The SMILES string of the molecule is CC(O)C1CCCN(C(=O)c2cc(CN=[N+]=[N-])cc(N=[N+]=[N-])c2)C1. The maximum absolute atomic E-state index is 12.8. The van der Waals surface area contributed by atoms with Crippen LogP contribution in [0.3, 0.4) is 0 Å². The Hall–Kier alpha value is -2.73. The number of carbonyl (C=O) groups excluding carboxylic acids is 1. The summed E-state index contributed by atoms with van der Waals surface area (Å²) in [6.07, 6.45) is 1.27. The van der Waals surface area contributed by atoms with Gasteiger partial charge >= 0.3 is 0 Å².